The van der Waals surface area contributed by atoms with Crippen LogP contribution >= 0.6 is 15.9 Å². The molecule has 1 atom stereocenters. The van der Waals surface area contributed by atoms with Gasteiger partial charge in [0.2, 0.25) is 0 Å². The van der Waals surface area contributed by atoms with Crippen molar-refractivity contribution >= 4 is 27.6 Å². The molecule has 0 fully saturated rings. The first-order valence-electron chi connectivity index (χ1n) is 6.55. The maximum absolute atomic E-state index is 11.7. The lowest BCUT2D eigenvalue weighted by molar-refractivity contribution is -0.0869. The average Bonchev–Trinajstić information content (AvgIpc) is 2.36. The number of aliphatic hydroxyl groups excluding tert-OH is 1. The molecular formula is C14H21BrN2O3. The van der Waals surface area contributed by atoms with Crippen LogP contribution in [0.4, 0.5) is 10.5 Å². The van der Waals surface area contributed by atoms with E-state index in [9.17, 15) is 15.0 Å². The molecule has 20 heavy (non-hydrogen) atoms. The molecule has 2 amide bonds. The van der Waals surface area contributed by atoms with Crippen molar-refractivity contribution in [1.82, 2.24) is 5.32 Å². The first kappa shape index (κ1) is 16.9. The molecule has 1 rings (SSSR count). The van der Waals surface area contributed by atoms with Gasteiger partial charge in [-0.25, -0.2) is 4.79 Å². The highest BCUT2D eigenvalue weighted by Gasteiger charge is 2.18. The lowest BCUT2D eigenvalue weighted by Crippen LogP contribution is -2.37. The Labute approximate surface area is 127 Å². The second-order valence-electron chi connectivity index (χ2n) is 5.15. The summed E-state index contributed by atoms with van der Waals surface area (Å²) in [7, 11) is 0. The van der Waals surface area contributed by atoms with Gasteiger partial charge in [-0.3, -0.25) is 0 Å². The number of anilines is 1. The quantitative estimate of drug-likeness (QED) is 0.598. The van der Waals surface area contributed by atoms with E-state index in [1.165, 1.54) is 0 Å². The molecule has 0 heterocycles. The largest absolute Gasteiger partial charge is 0.368 e. The second kappa shape index (κ2) is 8.24. The highest BCUT2D eigenvalue weighted by molar-refractivity contribution is 9.10. The van der Waals surface area contributed by atoms with Gasteiger partial charge >= 0.3 is 6.03 Å². The highest BCUT2D eigenvalue weighted by atomic mass is 79.9. The van der Waals surface area contributed by atoms with Crippen molar-refractivity contribution in [2.45, 2.75) is 26.6 Å². The fraction of sp³-hybridized carbons (Fsp3) is 0.500. The van der Waals surface area contributed by atoms with Crippen molar-refractivity contribution in [2.75, 3.05) is 11.9 Å². The molecule has 0 aliphatic rings. The number of aliphatic hydroxyl groups is 2. The zero-order chi connectivity index (χ0) is 15.1. The van der Waals surface area contributed by atoms with Crippen LogP contribution in [0.1, 0.15) is 20.3 Å². The summed E-state index contributed by atoms with van der Waals surface area (Å²) in [6, 6.07) is 6.84. The molecule has 1 aromatic rings. The monoisotopic (exact) mass is 344 g/mol. The van der Waals surface area contributed by atoms with E-state index in [0.29, 0.717) is 18.0 Å². The minimum absolute atomic E-state index is 0.220. The summed E-state index contributed by atoms with van der Waals surface area (Å²) in [6.45, 7) is 4.22. The van der Waals surface area contributed by atoms with Crippen LogP contribution in [0.15, 0.2) is 28.7 Å². The maximum Gasteiger partial charge on any atom is 0.319 e. The number of nitrogens with one attached hydrogen (secondary N) is 2. The molecule has 0 spiro atoms. The zero-order valence-electron chi connectivity index (χ0n) is 11.6. The number of urea groups is 1. The number of rotatable bonds is 6. The first-order valence-corrected chi connectivity index (χ1v) is 7.34. The van der Waals surface area contributed by atoms with E-state index >= 15 is 0 Å². The zero-order valence-corrected chi connectivity index (χ0v) is 13.2. The molecule has 4 N–H and O–H groups in total. The number of carbonyl (C=O) groups excluding carboxylic acids is 1. The van der Waals surface area contributed by atoms with E-state index in [1.54, 1.807) is 12.1 Å². The Kier molecular flexibility index (Phi) is 6.98. The summed E-state index contributed by atoms with van der Waals surface area (Å²) in [5.41, 5.74) is 0.677. The van der Waals surface area contributed by atoms with Gasteiger partial charge in [0.15, 0.2) is 6.29 Å². The van der Waals surface area contributed by atoms with Crippen LogP contribution < -0.4 is 10.6 Å². The first-order chi connectivity index (χ1) is 9.38. The van der Waals surface area contributed by atoms with Gasteiger partial charge in [-0.2, -0.15) is 0 Å². The maximum atomic E-state index is 11.7. The molecule has 0 saturated heterocycles. The summed E-state index contributed by atoms with van der Waals surface area (Å²) < 4.78 is 0.934. The molecule has 0 aliphatic heterocycles. The molecule has 0 saturated carbocycles. The summed E-state index contributed by atoms with van der Waals surface area (Å²) in [5, 5.41) is 23.9. The third-order valence-corrected chi connectivity index (χ3v) is 3.35. The topological polar surface area (TPSA) is 81.6 Å². The van der Waals surface area contributed by atoms with Crippen molar-refractivity contribution in [3.05, 3.63) is 28.7 Å². The van der Waals surface area contributed by atoms with Gasteiger partial charge in [0.1, 0.15) is 0 Å². The summed E-state index contributed by atoms with van der Waals surface area (Å²) in [6.07, 6.45) is -0.790. The van der Waals surface area contributed by atoms with Gasteiger partial charge in [0.25, 0.3) is 0 Å². The minimum Gasteiger partial charge on any atom is -0.368 e. The van der Waals surface area contributed by atoms with Crippen molar-refractivity contribution in [3.8, 4) is 0 Å². The van der Waals surface area contributed by atoms with E-state index in [4.69, 9.17) is 0 Å². The Bertz CT molecular complexity index is 421. The van der Waals surface area contributed by atoms with Crippen molar-refractivity contribution < 1.29 is 15.0 Å². The Morgan fingerprint density at radius 2 is 1.85 bits per heavy atom. The van der Waals surface area contributed by atoms with Crippen LogP contribution in [0.5, 0.6) is 0 Å². The van der Waals surface area contributed by atoms with Crippen molar-refractivity contribution in [1.29, 1.82) is 0 Å². The van der Waals surface area contributed by atoms with Crippen LogP contribution in [-0.4, -0.2) is 29.1 Å². The van der Waals surface area contributed by atoms with Crippen molar-refractivity contribution in [2.24, 2.45) is 11.8 Å². The van der Waals surface area contributed by atoms with Gasteiger partial charge in [-0.1, -0.05) is 29.8 Å². The van der Waals surface area contributed by atoms with Gasteiger partial charge in [0, 0.05) is 22.6 Å². The van der Waals surface area contributed by atoms with Gasteiger partial charge in [-0.05, 0) is 36.6 Å². The Morgan fingerprint density at radius 1 is 1.25 bits per heavy atom. The summed E-state index contributed by atoms with van der Waals surface area (Å²) in [4.78, 5) is 11.7. The van der Waals surface area contributed by atoms with Gasteiger partial charge in [-0.15, -0.1) is 0 Å². The van der Waals surface area contributed by atoms with E-state index < -0.39 is 6.29 Å². The Hall–Kier alpha value is -1.11. The van der Waals surface area contributed by atoms with Gasteiger partial charge < -0.3 is 20.8 Å². The van der Waals surface area contributed by atoms with E-state index in [-0.39, 0.29) is 18.5 Å². The molecule has 6 heteroatoms. The number of amides is 2. The number of benzene rings is 1. The van der Waals surface area contributed by atoms with E-state index in [2.05, 4.69) is 26.6 Å². The molecule has 0 radical (unpaired) electrons. The van der Waals surface area contributed by atoms with Crippen LogP contribution in [0, 0.1) is 11.8 Å². The molecule has 5 nitrogen and oxygen atoms in total. The molecule has 0 aromatic heterocycles. The SMILES string of the molecule is CC(C)CC(CNC(=O)Nc1ccc(Br)cc1)C(O)O. The number of hydrogen-bond donors (Lipinski definition) is 4. The lowest BCUT2D eigenvalue weighted by Gasteiger charge is -2.21. The van der Waals surface area contributed by atoms with Gasteiger partial charge in [0.05, 0.1) is 0 Å². The van der Waals surface area contributed by atoms with Crippen LogP contribution in [0.3, 0.4) is 0 Å². The van der Waals surface area contributed by atoms with Crippen LogP contribution in [0.2, 0.25) is 0 Å². The highest BCUT2D eigenvalue weighted by Crippen LogP contribution is 2.15. The third kappa shape index (κ3) is 6.36. The fourth-order valence-corrected chi connectivity index (χ4v) is 2.11. The predicted molar refractivity (Wildman–Crippen MR) is 82.3 cm³/mol. The van der Waals surface area contributed by atoms with E-state index in [1.807, 2.05) is 26.0 Å². The second-order valence-corrected chi connectivity index (χ2v) is 6.06. The summed E-state index contributed by atoms with van der Waals surface area (Å²) >= 11 is 3.32. The Morgan fingerprint density at radius 3 is 2.35 bits per heavy atom. The third-order valence-electron chi connectivity index (χ3n) is 2.82. The van der Waals surface area contributed by atoms with Crippen molar-refractivity contribution in [3.63, 3.8) is 0 Å². The minimum atomic E-state index is -1.43. The lowest BCUT2D eigenvalue weighted by atomic mass is 9.96. The predicted octanol–water partition coefficient (Wildman–Crippen LogP) is 2.54. The van der Waals surface area contributed by atoms with E-state index in [0.717, 1.165) is 4.47 Å². The molecule has 1 unspecified atom stereocenters. The smallest absolute Gasteiger partial charge is 0.319 e. The number of carbonyl (C=O) groups is 1. The number of halogens is 1. The molecular weight excluding hydrogens is 324 g/mol. The van der Waals surface area contributed by atoms with Crippen LogP contribution in [-0.2, 0) is 0 Å². The molecule has 0 bridgehead atoms. The molecule has 112 valence electrons. The number of hydrogen-bond acceptors (Lipinski definition) is 3. The fourth-order valence-electron chi connectivity index (χ4n) is 1.85. The average molecular weight is 345 g/mol. The normalized spacial score (nSPS) is 12.6. The molecule has 0 aliphatic carbocycles. The Balaban J connectivity index is 2.43. The standard InChI is InChI=1S/C14H21BrN2O3/c1-9(2)7-10(13(18)19)8-16-14(20)17-12-5-3-11(15)4-6-12/h3-6,9-10,13,18-19H,7-8H2,1-2H3,(H2,16,17,20). The molecule has 1 aromatic carbocycles. The summed E-state index contributed by atoms with van der Waals surface area (Å²) in [5.74, 6) is -0.0381. The van der Waals surface area contributed by atoms with Crippen LogP contribution in [0.25, 0.3) is 0 Å².